The summed E-state index contributed by atoms with van der Waals surface area (Å²) in [5.41, 5.74) is 3.90. The van der Waals surface area contributed by atoms with E-state index >= 15 is 0 Å². The molecule has 1 aromatic carbocycles. The highest BCUT2D eigenvalue weighted by molar-refractivity contribution is 5.80. The molecule has 0 aliphatic rings. The molecule has 2 N–H and O–H groups in total. The van der Waals surface area contributed by atoms with Crippen molar-refractivity contribution in [3.63, 3.8) is 0 Å². The molecule has 0 saturated carbocycles. The van der Waals surface area contributed by atoms with Crippen molar-refractivity contribution in [2.75, 3.05) is 0 Å². The lowest BCUT2D eigenvalue weighted by molar-refractivity contribution is -0.153. The van der Waals surface area contributed by atoms with Crippen LogP contribution < -0.4 is 15.2 Å². The second-order valence-electron chi connectivity index (χ2n) is 10.2. The van der Waals surface area contributed by atoms with Crippen molar-refractivity contribution < 1.29 is 23.8 Å². The maximum absolute atomic E-state index is 13.0. The Morgan fingerprint density at radius 3 is 1.61 bits per heavy atom. The third kappa shape index (κ3) is 7.15. The highest BCUT2D eigenvalue weighted by Crippen LogP contribution is 2.45. The van der Waals surface area contributed by atoms with Crippen molar-refractivity contribution in [1.82, 2.24) is 0 Å². The van der Waals surface area contributed by atoms with Crippen LogP contribution in [0.25, 0.3) is 0 Å². The molecular weight excluding hydrogens is 358 g/mol. The molecule has 158 valence electrons. The average molecular weight is 394 g/mol. The molecule has 0 fully saturated rings. The van der Waals surface area contributed by atoms with E-state index in [0.29, 0.717) is 17.9 Å². The summed E-state index contributed by atoms with van der Waals surface area (Å²) in [5, 5.41) is 0. The van der Waals surface area contributed by atoms with Gasteiger partial charge in [-0.15, -0.1) is 0 Å². The highest BCUT2D eigenvalue weighted by atomic mass is 16.7. The first-order valence-electron chi connectivity index (χ1n) is 9.45. The summed E-state index contributed by atoms with van der Waals surface area (Å²) in [5.74, 6) is 0.321. The van der Waals surface area contributed by atoms with Gasteiger partial charge in [-0.05, 0) is 77.6 Å². The molecular formula is C22H35NO5. The Labute approximate surface area is 168 Å². The lowest BCUT2D eigenvalue weighted by Gasteiger charge is -2.43. The van der Waals surface area contributed by atoms with Crippen molar-refractivity contribution in [3.8, 4) is 11.5 Å². The number of esters is 1. The van der Waals surface area contributed by atoms with E-state index in [2.05, 4.69) is 0 Å². The van der Waals surface area contributed by atoms with Gasteiger partial charge in [0.2, 0.25) is 0 Å². The maximum atomic E-state index is 13.0. The van der Waals surface area contributed by atoms with Crippen LogP contribution in [0.3, 0.4) is 0 Å². The summed E-state index contributed by atoms with van der Waals surface area (Å²) >= 11 is 0. The van der Waals surface area contributed by atoms with Crippen LogP contribution in [-0.4, -0.2) is 23.3 Å². The van der Waals surface area contributed by atoms with Crippen LogP contribution in [0.4, 0.5) is 4.79 Å². The number of carbonyl (C=O) groups is 2. The highest BCUT2D eigenvalue weighted by Gasteiger charge is 2.48. The molecule has 0 radical (unpaired) electrons. The number of nitrogens with two attached hydrogens (primary N) is 1. The molecule has 1 atom stereocenters. The predicted octanol–water partition coefficient (Wildman–Crippen LogP) is 5.09. The van der Waals surface area contributed by atoms with Crippen molar-refractivity contribution in [2.24, 2.45) is 16.6 Å². The standard InChI is InChI=1S/C22H35NO5/c1-19(2,3)22(9,14-21(7,8)23)17(24)26-15-10-12-16(13-11-15)27-18(25)28-20(4,5)6/h10-13H,14,23H2,1-9H3. The Morgan fingerprint density at radius 2 is 1.25 bits per heavy atom. The summed E-state index contributed by atoms with van der Waals surface area (Å²) in [6, 6.07) is 6.25. The second kappa shape index (κ2) is 8.11. The van der Waals surface area contributed by atoms with Crippen molar-refractivity contribution >= 4 is 12.1 Å². The molecule has 28 heavy (non-hydrogen) atoms. The molecule has 0 amide bonds. The number of hydrogen-bond donors (Lipinski definition) is 1. The zero-order valence-corrected chi connectivity index (χ0v) is 18.6. The minimum atomic E-state index is -0.789. The fraction of sp³-hybridized carbons (Fsp3) is 0.636. The van der Waals surface area contributed by atoms with E-state index in [9.17, 15) is 9.59 Å². The van der Waals surface area contributed by atoms with E-state index in [4.69, 9.17) is 19.9 Å². The van der Waals surface area contributed by atoms with Crippen LogP contribution in [-0.2, 0) is 9.53 Å². The van der Waals surface area contributed by atoms with E-state index in [1.807, 2.05) is 41.5 Å². The van der Waals surface area contributed by atoms with Crippen molar-refractivity contribution in [1.29, 1.82) is 0 Å². The van der Waals surface area contributed by atoms with Gasteiger partial charge in [0.25, 0.3) is 0 Å². The second-order valence-corrected chi connectivity index (χ2v) is 10.2. The number of carbonyl (C=O) groups excluding carboxylic acids is 2. The summed E-state index contributed by atoms with van der Waals surface area (Å²) in [6.07, 6.45) is -0.315. The van der Waals surface area contributed by atoms with Crippen LogP contribution in [0.1, 0.15) is 68.7 Å². The van der Waals surface area contributed by atoms with Crippen LogP contribution in [0, 0.1) is 10.8 Å². The van der Waals surface area contributed by atoms with Gasteiger partial charge in [-0.3, -0.25) is 4.79 Å². The van der Waals surface area contributed by atoms with Gasteiger partial charge in [0, 0.05) is 5.54 Å². The Bertz CT molecular complexity index is 690. The monoisotopic (exact) mass is 393 g/mol. The zero-order valence-electron chi connectivity index (χ0n) is 18.6. The topological polar surface area (TPSA) is 87.9 Å². The molecule has 1 unspecified atom stereocenters. The maximum Gasteiger partial charge on any atom is 0.514 e. The normalized spacial score (nSPS) is 14.8. The molecule has 1 aromatic rings. The molecule has 0 aliphatic carbocycles. The van der Waals surface area contributed by atoms with Gasteiger partial charge >= 0.3 is 12.1 Å². The van der Waals surface area contributed by atoms with Crippen LogP contribution >= 0.6 is 0 Å². The van der Waals surface area contributed by atoms with Crippen molar-refractivity contribution in [2.45, 2.75) is 79.9 Å². The fourth-order valence-corrected chi connectivity index (χ4v) is 2.72. The van der Waals surface area contributed by atoms with Crippen LogP contribution in [0.5, 0.6) is 11.5 Å². The summed E-state index contributed by atoms with van der Waals surface area (Å²) in [7, 11) is 0. The van der Waals surface area contributed by atoms with E-state index in [-0.39, 0.29) is 11.4 Å². The largest absolute Gasteiger partial charge is 0.514 e. The molecule has 1 rings (SSSR count). The average Bonchev–Trinajstić information content (AvgIpc) is 2.44. The van der Waals surface area contributed by atoms with Gasteiger partial charge < -0.3 is 19.9 Å². The first-order valence-corrected chi connectivity index (χ1v) is 9.45. The number of benzene rings is 1. The number of ether oxygens (including phenoxy) is 3. The minimum absolute atomic E-state index is 0.302. The summed E-state index contributed by atoms with van der Waals surface area (Å²) in [4.78, 5) is 24.7. The lowest BCUT2D eigenvalue weighted by Crippen LogP contribution is -2.50. The van der Waals surface area contributed by atoms with Gasteiger partial charge in [0.1, 0.15) is 17.1 Å². The first kappa shape index (κ1) is 24.0. The third-order valence-corrected chi connectivity index (χ3v) is 4.54. The van der Waals surface area contributed by atoms with Gasteiger partial charge in [0.15, 0.2) is 0 Å². The lowest BCUT2D eigenvalue weighted by atomic mass is 9.63. The van der Waals surface area contributed by atoms with Gasteiger partial charge in [0.05, 0.1) is 5.41 Å². The van der Waals surface area contributed by atoms with Crippen molar-refractivity contribution in [3.05, 3.63) is 24.3 Å². The Hall–Kier alpha value is -2.08. The Kier molecular flexibility index (Phi) is 6.94. The van der Waals surface area contributed by atoms with Crippen LogP contribution in [0.2, 0.25) is 0 Å². The molecule has 6 heteroatoms. The molecule has 6 nitrogen and oxygen atoms in total. The molecule has 0 spiro atoms. The van der Waals surface area contributed by atoms with E-state index in [1.165, 1.54) is 0 Å². The van der Waals surface area contributed by atoms with E-state index < -0.39 is 22.7 Å². The molecule has 0 saturated heterocycles. The quantitative estimate of drug-likeness (QED) is 0.426. The number of rotatable bonds is 5. The smallest absolute Gasteiger partial charge is 0.428 e. The van der Waals surface area contributed by atoms with Crippen LogP contribution in [0.15, 0.2) is 24.3 Å². The fourth-order valence-electron chi connectivity index (χ4n) is 2.72. The molecule has 0 heterocycles. The summed E-state index contributed by atoms with van der Waals surface area (Å²) in [6.45, 7) is 16.9. The Morgan fingerprint density at radius 1 is 0.821 bits per heavy atom. The summed E-state index contributed by atoms with van der Waals surface area (Å²) < 4.78 is 15.9. The molecule has 0 aliphatic heterocycles. The van der Waals surface area contributed by atoms with Gasteiger partial charge in [-0.25, -0.2) is 4.79 Å². The van der Waals surface area contributed by atoms with Gasteiger partial charge in [-0.1, -0.05) is 20.8 Å². The first-order chi connectivity index (χ1) is 12.4. The number of hydrogen-bond acceptors (Lipinski definition) is 6. The molecule has 0 bridgehead atoms. The van der Waals surface area contributed by atoms with E-state index in [0.717, 1.165) is 0 Å². The van der Waals surface area contributed by atoms with E-state index in [1.54, 1.807) is 45.0 Å². The van der Waals surface area contributed by atoms with Gasteiger partial charge in [-0.2, -0.15) is 0 Å². The zero-order chi connectivity index (χ0) is 22.0. The SMILES string of the molecule is CC(C)(N)CC(C)(C(=O)Oc1ccc(OC(=O)OC(C)(C)C)cc1)C(C)(C)C. The predicted molar refractivity (Wildman–Crippen MR) is 109 cm³/mol. The Balaban J connectivity index is 2.89. The third-order valence-electron chi connectivity index (χ3n) is 4.54. The molecule has 0 aromatic heterocycles. The minimum Gasteiger partial charge on any atom is -0.428 e.